The number of likely N-dealkylation sites (N-methyl/N-ethyl adjacent to an activating group) is 1. The topological polar surface area (TPSA) is 114 Å². The number of allylic oxidation sites excluding steroid dienone is 21. The molecule has 1 amide bonds. The number of ether oxygens (including phenoxy) is 1. The minimum atomic E-state index is -4.72. The highest BCUT2D eigenvalue weighted by atomic mass is 31.2. The number of quaternary nitrogens is 1. The number of nitrogens with one attached hydrogen (secondary N) is 1. The zero-order chi connectivity index (χ0) is 63.5. The first kappa shape index (κ1) is 83.2. The zero-order valence-corrected chi connectivity index (χ0v) is 57.8. The maximum atomic E-state index is 13.6. The van der Waals surface area contributed by atoms with Gasteiger partial charge >= 0.3 is 5.97 Å². The molecule has 0 rings (SSSR count). The highest BCUT2D eigenvalue weighted by Gasteiger charge is 2.27. The van der Waals surface area contributed by atoms with Crippen LogP contribution in [0, 0.1) is 0 Å². The Morgan fingerprint density at radius 3 is 1.13 bits per heavy atom. The molecule has 87 heavy (non-hydrogen) atoms. The normalized spacial score (nSPS) is 14.3. The lowest BCUT2D eigenvalue weighted by atomic mass is 10.0. The van der Waals surface area contributed by atoms with Crippen molar-refractivity contribution in [2.24, 2.45) is 0 Å². The van der Waals surface area contributed by atoms with Crippen LogP contribution in [-0.4, -0.2) is 69.4 Å². The molecule has 0 aromatic carbocycles. The fraction of sp³-hybridized carbons (Fsp3) is 0.688. The number of hydrogen-bond donors (Lipinski definition) is 1. The van der Waals surface area contributed by atoms with Gasteiger partial charge in [0.05, 0.1) is 33.8 Å². The Labute approximate surface area is 536 Å². The van der Waals surface area contributed by atoms with Crippen molar-refractivity contribution in [2.75, 3.05) is 40.9 Å². The van der Waals surface area contributed by atoms with Crippen molar-refractivity contribution in [3.8, 4) is 0 Å². The van der Waals surface area contributed by atoms with Crippen molar-refractivity contribution in [1.82, 2.24) is 5.32 Å². The lowest BCUT2D eigenvalue weighted by Gasteiger charge is -2.30. The predicted octanol–water partition coefficient (Wildman–Crippen LogP) is 22.2. The SMILES string of the molecule is CC/C=C\C/C=C\C/C=C\C/C=C\C/C=C\C/C=C\CCCCCCCCCCC(=O)NC(COP(=O)([O-])OCC[N+](C)(C)C)C(/C=C\CCCCCCCCCCCCC)OC(=O)CCCCCCC/C=C\C/C=C\C/C=C\C/C=C\CCCCC. The lowest BCUT2D eigenvalue weighted by molar-refractivity contribution is -0.870. The third kappa shape index (κ3) is 66.4. The van der Waals surface area contributed by atoms with Crippen molar-refractivity contribution in [2.45, 2.75) is 303 Å². The van der Waals surface area contributed by atoms with E-state index in [-0.39, 0.29) is 24.9 Å². The maximum absolute atomic E-state index is 13.6. The predicted molar refractivity (Wildman–Crippen MR) is 376 cm³/mol. The van der Waals surface area contributed by atoms with Gasteiger partial charge in [0.15, 0.2) is 0 Å². The second-order valence-corrected chi connectivity index (χ2v) is 26.1. The van der Waals surface area contributed by atoms with Crippen LogP contribution < -0.4 is 10.2 Å². The van der Waals surface area contributed by atoms with Gasteiger partial charge in [-0.15, -0.1) is 0 Å². The molecule has 3 atom stereocenters. The maximum Gasteiger partial charge on any atom is 0.306 e. The molecule has 0 aliphatic heterocycles. The van der Waals surface area contributed by atoms with E-state index in [1.165, 1.54) is 109 Å². The molecule has 498 valence electrons. The molecular weight excluding hydrogens is 1100 g/mol. The van der Waals surface area contributed by atoms with Gasteiger partial charge in [-0.05, 0) is 128 Å². The van der Waals surface area contributed by atoms with Gasteiger partial charge in [-0.2, -0.15) is 0 Å². The first-order valence-corrected chi connectivity index (χ1v) is 37.0. The number of unbranched alkanes of at least 4 members (excludes halogenated alkanes) is 27. The number of hydrogen-bond acceptors (Lipinski definition) is 7. The summed E-state index contributed by atoms with van der Waals surface area (Å²) in [4.78, 5) is 40.2. The van der Waals surface area contributed by atoms with Crippen molar-refractivity contribution >= 4 is 19.7 Å². The van der Waals surface area contributed by atoms with Crippen LogP contribution >= 0.6 is 7.82 Å². The molecule has 0 radical (unpaired) electrons. The monoisotopic (exact) mass is 1230 g/mol. The van der Waals surface area contributed by atoms with E-state index in [4.69, 9.17) is 13.8 Å². The largest absolute Gasteiger partial charge is 0.756 e. The summed E-state index contributed by atoms with van der Waals surface area (Å²) in [5.41, 5.74) is 0. The summed E-state index contributed by atoms with van der Waals surface area (Å²) in [6.45, 7) is 6.69. The Balaban J connectivity index is 5.19. The minimum absolute atomic E-state index is 0.0343. The van der Waals surface area contributed by atoms with Crippen molar-refractivity contribution in [3.63, 3.8) is 0 Å². The summed E-state index contributed by atoms with van der Waals surface area (Å²) in [6.07, 6.45) is 92.8. The molecule has 3 unspecified atom stereocenters. The van der Waals surface area contributed by atoms with E-state index in [0.29, 0.717) is 23.9 Å². The highest BCUT2D eigenvalue weighted by Crippen LogP contribution is 2.38. The molecule has 0 aromatic rings. The van der Waals surface area contributed by atoms with Crippen LogP contribution in [0.3, 0.4) is 0 Å². The standard InChI is InChI=1S/C77H133N2O7P/c1-7-10-13-16-19-22-25-28-30-32-34-36-37-38-39-40-41-43-44-46-48-51-54-57-60-63-66-69-76(80)78-74(73-85-87(82,83)84-72-71-79(4,5)6)75(68-65-62-59-56-53-50-27-24-21-18-15-12-9-3)86-77(81)70-67-64-61-58-55-52-49-47-45-42-35-33-31-29-26-23-20-17-14-11-8-2/h10,13,19-20,22-23,28-31,34-36,38-39,41-43,47,49,65,68,74-75H,7-9,11-12,14-18,21,24-27,32-33,37,40,44-46,48,50-64,66-67,69-73H2,1-6H3,(H-,78,80,82,83)/b13-10-,22-19-,23-20-,30-28-,31-29-,36-34-,39-38-,42-35-,43-41-,49-47-,68-65-. The lowest BCUT2D eigenvalue weighted by Crippen LogP contribution is -2.47. The van der Waals surface area contributed by atoms with Crippen molar-refractivity contribution in [1.29, 1.82) is 0 Å². The van der Waals surface area contributed by atoms with E-state index in [2.05, 4.69) is 148 Å². The molecule has 0 aromatic heterocycles. The quantitative estimate of drug-likeness (QED) is 0.0212. The average molecular weight is 1230 g/mol. The van der Waals surface area contributed by atoms with Gasteiger partial charge in [0.25, 0.3) is 7.82 Å². The van der Waals surface area contributed by atoms with Crippen LogP contribution in [0.4, 0.5) is 0 Å². The van der Waals surface area contributed by atoms with E-state index in [0.717, 1.165) is 141 Å². The number of nitrogens with zero attached hydrogens (tertiary/aromatic N) is 1. The fourth-order valence-electron chi connectivity index (χ4n) is 9.63. The van der Waals surface area contributed by atoms with E-state index in [1.54, 1.807) is 0 Å². The summed E-state index contributed by atoms with van der Waals surface area (Å²) in [5.74, 6) is -0.575. The molecule has 0 heterocycles. The molecule has 0 fully saturated rings. The third-order valence-electron chi connectivity index (χ3n) is 15.1. The molecule has 0 bridgehead atoms. The molecule has 9 nitrogen and oxygen atoms in total. The average Bonchev–Trinajstić information content (AvgIpc) is 3.69. The number of amides is 1. The highest BCUT2D eigenvalue weighted by molar-refractivity contribution is 7.45. The van der Waals surface area contributed by atoms with Crippen molar-refractivity contribution in [3.05, 3.63) is 134 Å². The zero-order valence-electron chi connectivity index (χ0n) is 56.9. The third-order valence-corrected chi connectivity index (χ3v) is 16.0. The molecule has 0 aliphatic rings. The van der Waals surface area contributed by atoms with Gasteiger partial charge in [-0.25, -0.2) is 0 Å². The summed E-state index contributed by atoms with van der Waals surface area (Å²) in [7, 11) is 1.15. The summed E-state index contributed by atoms with van der Waals surface area (Å²) < 4.78 is 30.4. The second kappa shape index (κ2) is 65.1. The van der Waals surface area contributed by atoms with E-state index in [1.807, 2.05) is 33.3 Å². The smallest absolute Gasteiger partial charge is 0.306 e. The van der Waals surface area contributed by atoms with Crippen LogP contribution in [-0.2, 0) is 27.9 Å². The summed E-state index contributed by atoms with van der Waals surface area (Å²) in [6, 6.07) is -0.912. The number of carbonyl (C=O) groups is 2. The Morgan fingerprint density at radius 1 is 0.414 bits per heavy atom. The Bertz CT molecular complexity index is 1950. The molecule has 0 saturated carbocycles. The minimum Gasteiger partial charge on any atom is -0.756 e. The summed E-state index contributed by atoms with van der Waals surface area (Å²) >= 11 is 0. The molecule has 0 spiro atoms. The number of rotatable bonds is 63. The van der Waals surface area contributed by atoms with Crippen molar-refractivity contribution < 1.29 is 37.3 Å². The van der Waals surface area contributed by atoms with Gasteiger partial charge in [0, 0.05) is 12.8 Å². The van der Waals surface area contributed by atoms with Crippen LogP contribution in [0.2, 0.25) is 0 Å². The van der Waals surface area contributed by atoms with Gasteiger partial charge < -0.3 is 28.5 Å². The van der Waals surface area contributed by atoms with Gasteiger partial charge in [0.1, 0.15) is 19.3 Å². The van der Waals surface area contributed by atoms with Crippen LogP contribution in [0.5, 0.6) is 0 Å². The molecule has 0 aliphatic carbocycles. The first-order chi connectivity index (χ1) is 42.4. The van der Waals surface area contributed by atoms with Gasteiger partial charge in [-0.3, -0.25) is 14.2 Å². The second-order valence-electron chi connectivity index (χ2n) is 24.6. The van der Waals surface area contributed by atoms with Crippen LogP contribution in [0.15, 0.2) is 134 Å². The Morgan fingerprint density at radius 2 is 0.736 bits per heavy atom. The molecule has 1 N–H and O–H groups in total. The van der Waals surface area contributed by atoms with Crippen LogP contribution in [0.25, 0.3) is 0 Å². The van der Waals surface area contributed by atoms with Crippen LogP contribution in [0.1, 0.15) is 290 Å². The molecule has 10 heteroatoms. The Hall–Kier alpha value is -3.85. The van der Waals surface area contributed by atoms with E-state index >= 15 is 0 Å². The number of phosphoric acid groups is 1. The Kier molecular flexibility index (Phi) is 62.2. The van der Waals surface area contributed by atoms with Gasteiger partial charge in [0.2, 0.25) is 5.91 Å². The van der Waals surface area contributed by atoms with E-state index < -0.39 is 26.6 Å². The number of esters is 1. The fourth-order valence-corrected chi connectivity index (χ4v) is 10.3. The van der Waals surface area contributed by atoms with Gasteiger partial charge in [-0.1, -0.05) is 283 Å². The molecular formula is C77H133N2O7P. The molecule has 0 saturated heterocycles. The first-order valence-electron chi connectivity index (χ1n) is 35.5. The summed E-state index contributed by atoms with van der Waals surface area (Å²) in [5, 5.41) is 3.03. The number of phosphoric ester groups is 1. The van der Waals surface area contributed by atoms with E-state index in [9.17, 15) is 19.0 Å². The number of carbonyl (C=O) groups excluding carboxylic acids is 2.